The molecule has 0 aromatic rings. The van der Waals surface area contributed by atoms with E-state index in [1.807, 2.05) is 20.9 Å². The van der Waals surface area contributed by atoms with Gasteiger partial charge in [0.1, 0.15) is 0 Å². The molecule has 78 valence electrons. The molecule has 0 aliphatic heterocycles. The highest BCUT2D eigenvalue weighted by Gasteiger charge is 2.31. The number of hydrogen-bond donors (Lipinski definition) is 1. The molecule has 0 aromatic carbocycles. The fraction of sp³-hybridized carbons (Fsp3) is 0.900. The van der Waals surface area contributed by atoms with Crippen molar-refractivity contribution in [2.24, 2.45) is 5.73 Å². The predicted molar refractivity (Wildman–Crippen MR) is 55.4 cm³/mol. The summed E-state index contributed by atoms with van der Waals surface area (Å²) in [6.45, 7) is 6.76. The molecular weight excluding hydrogens is 164 g/mol. The molecule has 3 heteroatoms. The molecule has 3 nitrogen and oxygen atoms in total. The summed E-state index contributed by atoms with van der Waals surface area (Å²) < 4.78 is 0. The van der Waals surface area contributed by atoms with E-state index in [0.29, 0.717) is 12.8 Å². The van der Waals surface area contributed by atoms with Crippen LogP contribution in [0.3, 0.4) is 0 Å². The molecular formula is C10H22N2O. The average molecular weight is 186 g/mol. The van der Waals surface area contributed by atoms with E-state index in [0.717, 1.165) is 13.0 Å². The number of rotatable bonds is 5. The lowest BCUT2D eigenvalue weighted by Gasteiger charge is -2.30. The second-order valence-electron chi connectivity index (χ2n) is 3.59. The third kappa shape index (κ3) is 2.99. The van der Waals surface area contributed by atoms with Gasteiger partial charge in [0.15, 0.2) is 0 Å². The van der Waals surface area contributed by atoms with E-state index in [1.165, 1.54) is 0 Å². The van der Waals surface area contributed by atoms with Gasteiger partial charge < -0.3 is 10.6 Å². The maximum Gasteiger partial charge on any atom is 0.242 e. The molecule has 1 amide bonds. The van der Waals surface area contributed by atoms with Crippen LogP contribution in [0.15, 0.2) is 0 Å². The number of carbonyl (C=O) groups excluding carboxylic acids is 1. The molecule has 0 saturated carbocycles. The van der Waals surface area contributed by atoms with Gasteiger partial charge >= 0.3 is 0 Å². The molecule has 0 saturated heterocycles. The van der Waals surface area contributed by atoms with Crippen molar-refractivity contribution in [2.45, 2.75) is 45.6 Å². The summed E-state index contributed by atoms with van der Waals surface area (Å²) in [7, 11) is 1.82. The number of nitrogens with two attached hydrogens (primary N) is 1. The Kier molecular flexibility index (Phi) is 4.99. The first-order valence-corrected chi connectivity index (χ1v) is 5.06. The van der Waals surface area contributed by atoms with Crippen LogP contribution in [-0.4, -0.2) is 29.9 Å². The topological polar surface area (TPSA) is 46.3 Å². The van der Waals surface area contributed by atoms with Crippen LogP contribution in [0.2, 0.25) is 0 Å². The van der Waals surface area contributed by atoms with Crippen LogP contribution in [0.4, 0.5) is 0 Å². The SMILES string of the molecule is CCCN(C)C(=O)C(N)(CC)CC. The third-order valence-corrected chi connectivity index (χ3v) is 2.59. The number of carbonyl (C=O) groups is 1. The summed E-state index contributed by atoms with van der Waals surface area (Å²) in [6, 6.07) is 0. The zero-order valence-electron chi connectivity index (χ0n) is 9.26. The molecule has 0 radical (unpaired) electrons. The van der Waals surface area contributed by atoms with Crippen molar-refractivity contribution in [1.29, 1.82) is 0 Å². The Labute approximate surface area is 81.3 Å². The maximum absolute atomic E-state index is 11.8. The van der Waals surface area contributed by atoms with Crippen molar-refractivity contribution in [3.8, 4) is 0 Å². The monoisotopic (exact) mass is 186 g/mol. The molecule has 0 bridgehead atoms. The van der Waals surface area contributed by atoms with E-state index in [9.17, 15) is 4.79 Å². The summed E-state index contributed by atoms with van der Waals surface area (Å²) >= 11 is 0. The summed E-state index contributed by atoms with van der Waals surface area (Å²) in [5.74, 6) is 0.0688. The van der Waals surface area contributed by atoms with Gasteiger partial charge in [0, 0.05) is 13.6 Å². The molecule has 0 atom stereocenters. The molecule has 0 aliphatic rings. The average Bonchev–Trinajstić information content (AvgIpc) is 2.16. The Morgan fingerprint density at radius 1 is 1.31 bits per heavy atom. The Bertz CT molecular complexity index is 164. The van der Waals surface area contributed by atoms with Gasteiger partial charge in [-0.2, -0.15) is 0 Å². The van der Waals surface area contributed by atoms with E-state index < -0.39 is 5.54 Å². The minimum absolute atomic E-state index is 0.0688. The van der Waals surface area contributed by atoms with Gasteiger partial charge in [0.2, 0.25) is 5.91 Å². The van der Waals surface area contributed by atoms with Gasteiger partial charge in [-0.15, -0.1) is 0 Å². The molecule has 0 aromatic heterocycles. The molecule has 0 heterocycles. The predicted octanol–water partition coefficient (Wildman–Crippen LogP) is 1.37. The van der Waals surface area contributed by atoms with E-state index in [-0.39, 0.29) is 5.91 Å². The molecule has 0 fully saturated rings. The number of nitrogens with zero attached hydrogens (tertiary/aromatic N) is 1. The third-order valence-electron chi connectivity index (χ3n) is 2.59. The molecule has 0 spiro atoms. The minimum atomic E-state index is -0.649. The normalized spacial score (nSPS) is 11.5. The fourth-order valence-electron chi connectivity index (χ4n) is 1.37. The van der Waals surface area contributed by atoms with Crippen LogP contribution in [0, 0.1) is 0 Å². The van der Waals surface area contributed by atoms with Crippen molar-refractivity contribution in [1.82, 2.24) is 4.90 Å². The summed E-state index contributed by atoms with van der Waals surface area (Å²) in [6.07, 6.45) is 2.39. The highest BCUT2D eigenvalue weighted by molar-refractivity contribution is 5.85. The Balaban J connectivity index is 4.37. The zero-order chi connectivity index (χ0) is 10.5. The van der Waals surface area contributed by atoms with Crippen molar-refractivity contribution in [3.05, 3.63) is 0 Å². The van der Waals surface area contributed by atoms with Gasteiger partial charge in [-0.25, -0.2) is 0 Å². The number of hydrogen-bond acceptors (Lipinski definition) is 2. The lowest BCUT2D eigenvalue weighted by molar-refractivity contribution is -0.136. The van der Waals surface area contributed by atoms with Gasteiger partial charge in [-0.3, -0.25) is 4.79 Å². The lowest BCUT2D eigenvalue weighted by atomic mass is 9.92. The Morgan fingerprint density at radius 3 is 2.08 bits per heavy atom. The van der Waals surface area contributed by atoms with Crippen molar-refractivity contribution < 1.29 is 4.79 Å². The van der Waals surface area contributed by atoms with Gasteiger partial charge in [0.25, 0.3) is 0 Å². The van der Waals surface area contributed by atoms with Crippen molar-refractivity contribution in [3.63, 3.8) is 0 Å². The molecule has 0 rings (SSSR count). The van der Waals surface area contributed by atoms with E-state index in [4.69, 9.17) is 5.73 Å². The molecule has 0 unspecified atom stereocenters. The fourth-order valence-corrected chi connectivity index (χ4v) is 1.37. The Hall–Kier alpha value is -0.570. The standard InChI is InChI=1S/C10H22N2O/c1-5-8-12(4)9(13)10(11,6-2)7-3/h5-8,11H2,1-4H3. The first kappa shape index (κ1) is 12.4. The zero-order valence-corrected chi connectivity index (χ0v) is 9.26. The van der Waals surface area contributed by atoms with Gasteiger partial charge in [-0.05, 0) is 19.3 Å². The van der Waals surface area contributed by atoms with Crippen LogP contribution >= 0.6 is 0 Å². The largest absolute Gasteiger partial charge is 0.344 e. The highest BCUT2D eigenvalue weighted by atomic mass is 16.2. The van der Waals surface area contributed by atoms with Crippen LogP contribution < -0.4 is 5.73 Å². The molecule has 0 aliphatic carbocycles. The van der Waals surface area contributed by atoms with Crippen molar-refractivity contribution in [2.75, 3.05) is 13.6 Å². The Morgan fingerprint density at radius 2 is 1.77 bits per heavy atom. The van der Waals surface area contributed by atoms with Crippen molar-refractivity contribution >= 4 is 5.91 Å². The van der Waals surface area contributed by atoms with Crippen LogP contribution in [0.25, 0.3) is 0 Å². The minimum Gasteiger partial charge on any atom is -0.344 e. The summed E-state index contributed by atoms with van der Waals surface area (Å²) in [4.78, 5) is 13.5. The van der Waals surface area contributed by atoms with E-state index in [1.54, 1.807) is 4.90 Å². The quantitative estimate of drug-likeness (QED) is 0.705. The molecule has 13 heavy (non-hydrogen) atoms. The van der Waals surface area contributed by atoms with Gasteiger partial charge in [0.05, 0.1) is 5.54 Å². The van der Waals surface area contributed by atoms with Crippen LogP contribution in [0.5, 0.6) is 0 Å². The summed E-state index contributed by atoms with van der Waals surface area (Å²) in [5.41, 5.74) is 5.33. The van der Waals surface area contributed by atoms with Crippen LogP contribution in [-0.2, 0) is 4.79 Å². The summed E-state index contributed by atoms with van der Waals surface area (Å²) in [5, 5.41) is 0. The van der Waals surface area contributed by atoms with E-state index >= 15 is 0 Å². The second-order valence-corrected chi connectivity index (χ2v) is 3.59. The number of amides is 1. The second kappa shape index (κ2) is 5.22. The first-order valence-electron chi connectivity index (χ1n) is 5.06. The number of likely N-dealkylation sites (N-methyl/N-ethyl adjacent to an activating group) is 1. The highest BCUT2D eigenvalue weighted by Crippen LogP contribution is 2.14. The first-order chi connectivity index (χ1) is 6.01. The smallest absolute Gasteiger partial charge is 0.242 e. The maximum atomic E-state index is 11.8. The molecule has 2 N–H and O–H groups in total. The van der Waals surface area contributed by atoms with Crippen LogP contribution in [0.1, 0.15) is 40.0 Å². The van der Waals surface area contributed by atoms with E-state index in [2.05, 4.69) is 6.92 Å². The van der Waals surface area contributed by atoms with Gasteiger partial charge in [-0.1, -0.05) is 20.8 Å². The lowest BCUT2D eigenvalue weighted by Crippen LogP contribution is -2.53.